The zero-order chi connectivity index (χ0) is 23.1. The van der Waals surface area contributed by atoms with Gasteiger partial charge in [-0.25, -0.2) is 0 Å². The van der Waals surface area contributed by atoms with Crippen LogP contribution in [0.1, 0.15) is 41.6 Å². The molecule has 32 heavy (non-hydrogen) atoms. The van der Waals surface area contributed by atoms with E-state index < -0.39 is 0 Å². The maximum Gasteiger partial charge on any atom is 0.251 e. The van der Waals surface area contributed by atoms with Crippen LogP contribution in [-0.4, -0.2) is 39.4 Å². The summed E-state index contributed by atoms with van der Waals surface area (Å²) in [5, 5.41) is 15.0. The van der Waals surface area contributed by atoms with Crippen molar-refractivity contribution in [2.24, 2.45) is 0 Å². The van der Waals surface area contributed by atoms with Crippen LogP contribution in [0.2, 0.25) is 0 Å². The van der Waals surface area contributed by atoms with Crippen molar-refractivity contribution in [3.63, 3.8) is 0 Å². The summed E-state index contributed by atoms with van der Waals surface area (Å²) in [7, 11) is 1.58. The third-order valence-electron chi connectivity index (χ3n) is 4.90. The van der Waals surface area contributed by atoms with Crippen molar-refractivity contribution in [1.82, 2.24) is 20.1 Å². The fraction of sp³-hybridized carbons (Fsp3) is 0.304. The number of nitrogens with zero attached hydrogens (tertiary/aromatic N) is 3. The zero-order valence-corrected chi connectivity index (χ0v) is 19.4. The number of nitrogens with one attached hydrogen (secondary N) is 2. The van der Waals surface area contributed by atoms with Gasteiger partial charge in [0.25, 0.3) is 5.91 Å². The van der Waals surface area contributed by atoms with Gasteiger partial charge in [0.2, 0.25) is 5.91 Å². The summed E-state index contributed by atoms with van der Waals surface area (Å²) in [6, 6.07) is 14.2. The molecule has 0 radical (unpaired) electrons. The van der Waals surface area contributed by atoms with Gasteiger partial charge >= 0.3 is 0 Å². The van der Waals surface area contributed by atoms with Crippen LogP contribution in [0.5, 0.6) is 5.75 Å². The van der Waals surface area contributed by atoms with E-state index in [4.69, 9.17) is 4.74 Å². The number of aromatic nitrogens is 3. The molecule has 0 aliphatic rings. The number of thioether (sulfide) groups is 1. The number of hydrogen-bond acceptors (Lipinski definition) is 6. The number of carbonyl (C=O) groups is 2. The number of anilines is 1. The molecule has 3 aromatic rings. The molecule has 0 aliphatic heterocycles. The lowest BCUT2D eigenvalue weighted by Crippen LogP contribution is -2.28. The molecule has 0 saturated carbocycles. The number of rotatable bonds is 9. The fourth-order valence-electron chi connectivity index (χ4n) is 3.14. The summed E-state index contributed by atoms with van der Waals surface area (Å²) < 4.78 is 7.03. The largest absolute Gasteiger partial charge is 0.497 e. The molecule has 2 amide bonds. The molecule has 2 aromatic carbocycles. The van der Waals surface area contributed by atoms with Crippen LogP contribution in [0.15, 0.2) is 53.7 Å². The highest BCUT2D eigenvalue weighted by atomic mass is 32.2. The summed E-state index contributed by atoms with van der Waals surface area (Å²) in [5.74, 6) is 1.21. The minimum Gasteiger partial charge on any atom is -0.497 e. The average molecular weight is 454 g/mol. The molecule has 0 aliphatic carbocycles. The van der Waals surface area contributed by atoms with Crippen molar-refractivity contribution < 1.29 is 14.3 Å². The number of carbonyl (C=O) groups excluding carboxylic acids is 2. The van der Waals surface area contributed by atoms with Gasteiger partial charge < -0.3 is 19.9 Å². The molecule has 9 heteroatoms. The number of benzene rings is 2. The van der Waals surface area contributed by atoms with Gasteiger partial charge in [0.05, 0.1) is 18.9 Å². The van der Waals surface area contributed by atoms with E-state index in [0.29, 0.717) is 28.8 Å². The van der Waals surface area contributed by atoms with Gasteiger partial charge in [0, 0.05) is 17.8 Å². The minimum absolute atomic E-state index is 0.114. The highest BCUT2D eigenvalue weighted by Crippen LogP contribution is 2.22. The van der Waals surface area contributed by atoms with E-state index in [-0.39, 0.29) is 23.6 Å². The van der Waals surface area contributed by atoms with Gasteiger partial charge in [-0.1, -0.05) is 30.0 Å². The Morgan fingerprint density at radius 2 is 1.84 bits per heavy atom. The van der Waals surface area contributed by atoms with Crippen molar-refractivity contribution in [3.05, 3.63) is 65.5 Å². The molecule has 1 unspecified atom stereocenters. The molecule has 1 aromatic heterocycles. The lowest BCUT2D eigenvalue weighted by atomic mass is 10.2. The average Bonchev–Trinajstić information content (AvgIpc) is 3.22. The van der Waals surface area contributed by atoms with E-state index in [1.807, 2.05) is 49.6 Å². The van der Waals surface area contributed by atoms with Crippen molar-refractivity contribution in [2.45, 2.75) is 38.5 Å². The second-order valence-electron chi connectivity index (χ2n) is 7.16. The lowest BCUT2D eigenvalue weighted by Gasteiger charge is -2.15. The van der Waals surface area contributed by atoms with Crippen LogP contribution < -0.4 is 15.4 Å². The second kappa shape index (κ2) is 10.8. The molecule has 0 saturated heterocycles. The quantitative estimate of drug-likeness (QED) is 0.478. The van der Waals surface area contributed by atoms with Crippen LogP contribution >= 0.6 is 11.8 Å². The summed E-state index contributed by atoms with van der Waals surface area (Å²) in [6.45, 7) is 6.40. The molecule has 168 valence electrons. The van der Waals surface area contributed by atoms with Crippen LogP contribution in [0, 0.1) is 6.92 Å². The molecule has 0 bridgehead atoms. The highest BCUT2D eigenvalue weighted by molar-refractivity contribution is 7.99. The molecule has 0 fully saturated rings. The third kappa shape index (κ3) is 5.67. The molecule has 3 rings (SSSR count). The first-order valence-corrected chi connectivity index (χ1v) is 11.3. The van der Waals surface area contributed by atoms with Gasteiger partial charge in [0.15, 0.2) is 11.0 Å². The normalized spacial score (nSPS) is 11.6. The number of hydrogen-bond donors (Lipinski definition) is 2. The minimum atomic E-state index is -0.354. The number of ether oxygens (including phenoxy) is 1. The molecular formula is C23H27N5O3S. The Bertz CT molecular complexity index is 1080. The van der Waals surface area contributed by atoms with Gasteiger partial charge in [-0.05, 0) is 56.7 Å². The molecule has 1 heterocycles. The number of amides is 2. The maximum atomic E-state index is 12.6. The first-order valence-electron chi connectivity index (χ1n) is 10.3. The van der Waals surface area contributed by atoms with Crippen molar-refractivity contribution >= 4 is 29.3 Å². The lowest BCUT2D eigenvalue weighted by molar-refractivity contribution is -0.113. The number of aryl methyl sites for hydroxylation is 1. The van der Waals surface area contributed by atoms with Crippen molar-refractivity contribution in [1.29, 1.82) is 0 Å². The SMILES string of the molecule is CCn1c(SCC(=O)Nc2ccccc2C)nnc1C(C)NC(=O)c1ccc(OC)cc1. The first-order chi connectivity index (χ1) is 15.4. The van der Waals surface area contributed by atoms with Crippen LogP contribution in [0.4, 0.5) is 5.69 Å². The van der Waals surface area contributed by atoms with Crippen LogP contribution in [-0.2, 0) is 11.3 Å². The maximum absolute atomic E-state index is 12.6. The monoisotopic (exact) mass is 453 g/mol. The Kier molecular flexibility index (Phi) is 7.88. The Morgan fingerprint density at radius 3 is 2.50 bits per heavy atom. The molecule has 8 nitrogen and oxygen atoms in total. The smallest absolute Gasteiger partial charge is 0.251 e. The molecular weight excluding hydrogens is 426 g/mol. The summed E-state index contributed by atoms with van der Waals surface area (Å²) >= 11 is 1.31. The Labute approximate surface area is 191 Å². The predicted molar refractivity (Wildman–Crippen MR) is 125 cm³/mol. The van der Waals surface area contributed by atoms with Gasteiger partial charge in [0.1, 0.15) is 5.75 Å². The van der Waals surface area contributed by atoms with Crippen molar-refractivity contribution in [3.8, 4) is 5.75 Å². The van der Waals surface area contributed by atoms with Gasteiger partial charge in [-0.2, -0.15) is 0 Å². The Morgan fingerprint density at radius 1 is 1.12 bits per heavy atom. The van der Waals surface area contributed by atoms with E-state index in [0.717, 1.165) is 11.3 Å². The molecule has 0 spiro atoms. The van der Waals surface area contributed by atoms with E-state index in [9.17, 15) is 9.59 Å². The summed E-state index contributed by atoms with van der Waals surface area (Å²) in [5.41, 5.74) is 2.33. The van der Waals surface area contributed by atoms with E-state index in [1.54, 1.807) is 31.4 Å². The van der Waals surface area contributed by atoms with E-state index in [1.165, 1.54) is 11.8 Å². The summed E-state index contributed by atoms with van der Waals surface area (Å²) in [6.07, 6.45) is 0. The van der Waals surface area contributed by atoms with E-state index >= 15 is 0 Å². The van der Waals surface area contributed by atoms with Crippen LogP contribution in [0.3, 0.4) is 0 Å². The molecule has 2 N–H and O–H groups in total. The van der Waals surface area contributed by atoms with Gasteiger partial charge in [-0.15, -0.1) is 10.2 Å². The molecule has 1 atom stereocenters. The fourth-order valence-corrected chi connectivity index (χ4v) is 3.95. The first kappa shape index (κ1) is 23.3. The van der Waals surface area contributed by atoms with E-state index in [2.05, 4.69) is 20.8 Å². The van der Waals surface area contributed by atoms with Gasteiger partial charge in [-0.3, -0.25) is 9.59 Å². The number of para-hydroxylation sites is 1. The Balaban J connectivity index is 1.62. The second-order valence-corrected chi connectivity index (χ2v) is 8.10. The standard InChI is InChI=1S/C23H27N5O3S/c1-5-28-21(16(3)24-22(30)17-10-12-18(31-4)13-11-17)26-27-23(28)32-14-20(29)25-19-9-7-6-8-15(19)2/h6-13,16H,5,14H2,1-4H3,(H,24,30)(H,25,29). The topological polar surface area (TPSA) is 98.1 Å². The number of methoxy groups -OCH3 is 1. The highest BCUT2D eigenvalue weighted by Gasteiger charge is 2.20. The zero-order valence-electron chi connectivity index (χ0n) is 18.6. The van der Waals surface area contributed by atoms with Crippen molar-refractivity contribution in [2.75, 3.05) is 18.2 Å². The van der Waals surface area contributed by atoms with Crippen LogP contribution in [0.25, 0.3) is 0 Å². The summed E-state index contributed by atoms with van der Waals surface area (Å²) in [4.78, 5) is 25.0. The third-order valence-corrected chi connectivity index (χ3v) is 5.87. The Hall–Kier alpha value is -3.33. The predicted octanol–water partition coefficient (Wildman–Crippen LogP) is 3.84.